The monoisotopic (exact) mass is 483 g/mol. The first-order chi connectivity index (χ1) is 12.2. The molecule has 1 aromatic heterocycles. The third-order valence-electron chi connectivity index (χ3n) is 4.73. The minimum Gasteiger partial charge on any atom is -0.384 e. The van der Waals surface area contributed by atoms with Gasteiger partial charge >= 0.3 is 0 Å². The van der Waals surface area contributed by atoms with Crippen molar-refractivity contribution in [2.24, 2.45) is 5.92 Å². The van der Waals surface area contributed by atoms with Gasteiger partial charge in [0.05, 0.1) is 0 Å². The fourth-order valence-electron chi connectivity index (χ4n) is 3.50. The van der Waals surface area contributed by atoms with E-state index in [2.05, 4.69) is 64.3 Å². The number of halogens is 4. The smallest absolute Gasteiger partial charge is 0.123 e. The number of pyridine rings is 1. The van der Waals surface area contributed by atoms with E-state index < -0.39 is 0 Å². The zero-order chi connectivity index (χ0) is 17.5. The van der Waals surface area contributed by atoms with Gasteiger partial charge in [-0.2, -0.15) is 0 Å². The van der Waals surface area contributed by atoms with Gasteiger partial charge in [0, 0.05) is 37.9 Å². The Morgan fingerprint density at radius 1 is 1.03 bits per heavy atom. The molecule has 5 nitrogen and oxygen atoms in total. The van der Waals surface area contributed by atoms with Crippen molar-refractivity contribution in [2.75, 3.05) is 31.9 Å². The number of anilines is 1. The van der Waals surface area contributed by atoms with Crippen LogP contribution in [0.15, 0.2) is 42.5 Å². The summed E-state index contributed by atoms with van der Waals surface area (Å²) in [5, 5.41) is 10.7. The Bertz CT molecular complexity index is 655. The minimum atomic E-state index is 0. The fourth-order valence-corrected chi connectivity index (χ4v) is 3.50. The quantitative estimate of drug-likeness (QED) is 0.433. The van der Waals surface area contributed by atoms with E-state index in [9.17, 15) is 0 Å². The molecule has 2 atom stereocenters. The van der Waals surface area contributed by atoms with Crippen LogP contribution in [0.2, 0.25) is 0 Å². The van der Waals surface area contributed by atoms with Gasteiger partial charge in [0.2, 0.25) is 0 Å². The molecule has 0 aliphatic carbocycles. The number of nitrogen functional groups attached to an aromatic ring is 1. The molecule has 29 heavy (non-hydrogen) atoms. The molecule has 0 unspecified atom stereocenters. The summed E-state index contributed by atoms with van der Waals surface area (Å²) in [4.78, 5) is 4.49. The van der Waals surface area contributed by atoms with E-state index in [1.807, 2.05) is 6.07 Å². The second kappa shape index (κ2) is 16.0. The third-order valence-corrected chi connectivity index (χ3v) is 4.73. The molecule has 0 saturated carbocycles. The van der Waals surface area contributed by atoms with E-state index >= 15 is 0 Å². The Hall–Kier alpha value is -0.790. The fraction of sp³-hybridized carbons (Fsp3) is 0.450. The Balaban J connectivity index is 0. The Morgan fingerprint density at radius 3 is 2.45 bits per heavy atom. The van der Waals surface area contributed by atoms with Crippen LogP contribution in [0.4, 0.5) is 5.82 Å². The normalized spacial score (nSPS) is 17.3. The van der Waals surface area contributed by atoms with Crippen LogP contribution in [0.25, 0.3) is 0 Å². The number of hydrogen-bond donors (Lipinski definition) is 4. The molecule has 9 heteroatoms. The summed E-state index contributed by atoms with van der Waals surface area (Å²) < 4.78 is 0. The van der Waals surface area contributed by atoms with Crippen molar-refractivity contribution in [3.8, 4) is 0 Å². The summed E-state index contributed by atoms with van der Waals surface area (Å²) in [6.45, 7) is 6.98. The lowest BCUT2D eigenvalue weighted by Crippen LogP contribution is -2.40. The molecule has 0 spiro atoms. The van der Waals surface area contributed by atoms with Crippen molar-refractivity contribution in [3.63, 3.8) is 0 Å². The average molecular weight is 485 g/mol. The van der Waals surface area contributed by atoms with Gasteiger partial charge in [-0.1, -0.05) is 30.3 Å². The SMILES string of the molecule is Cc1cc(N)nc(C[C@H]2CNC[C@H]2NCCNCc2ccccc2)c1.Cl.Cl.Cl.Cl. The van der Waals surface area contributed by atoms with Gasteiger partial charge in [0.15, 0.2) is 0 Å². The molecule has 3 rings (SSSR count). The average Bonchev–Trinajstić information content (AvgIpc) is 3.01. The van der Waals surface area contributed by atoms with E-state index in [0.29, 0.717) is 17.8 Å². The summed E-state index contributed by atoms with van der Waals surface area (Å²) in [7, 11) is 0. The van der Waals surface area contributed by atoms with Gasteiger partial charge < -0.3 is 21.7 Å². The van der Waals surface area contributed by atoms with Gasteiger partial charge in [0.25, 0.3) is 0 Å². The zero-order valence-electron chi connectivity index (χ0n) is 16.6. The highest BCUT2D eigenvalue weighted by Gasteiger charge is 2.26. The molecular formula is C20H33Cl4N5. The number of benzene rings is 1. The van der Waals surface area contributed by atoms with E-state index in [-0.39, 0.29) is 49.6 Å². The van der Waals surface area contributed by atoms with Crippen molar-refractivity contribution < 1.29 is 0 Å². The van der Waals surface area contributed by atoms with Crippen molar-refractivity contribution in [2.45, 2.75) is 25.9 Å². The van der Waals surface area contributed by atoms with Crippen LogP contribution in [-0.2, 0) is 13.0 Å². The topological polar surface area (TPSA) is 75.0 Å². The van der Waals surface area contributed by atoms with Crippen LogP contribution in [0.3, 0.4) is 0 Å². The molecule has 1 aliphatic heterocycles. The lowest BCUT2D eigenvalue weighted by molar-refractivity contribution is 0.419. The molecule has 166 valence electrons. The second-order valence-electron chi connectivity index (χ2n) is 6.91. The molecule has 1 fully saturated rings. The number of hydrogen-bond acceptors (Lipinski definition) is 5. The highest BCUT2D eigenvalue weighted by molar-refractivity contribution is 5.86. The molecule has 0 amide bonds. The van der Waals surface area contributed by atoms with Crippen LogP contribution in [0, 0.1) is 12.8 Å². The first-order valence-corrected chi connectivity index (χ1v) is 9.12. The van der Waals surface area contributed by atoms with Gasteiger partial charge in [-0.3, -0.25) is 0 Å². The van der Waals surface area contributed by atoms with Crippen LogP contribution in [0.5, 0.6) is 0 Å². The van der Waals surface area contributed by atoms with E-state index in [1.165, 1.54) is 11.1 Å². The maximum Gasteiger partial charge on any atom is 0.123 e. The molecule has 2 heterocycles. The molecule has 1 saturated heterocycles. The van der Waals surface area contributed by atoms with Crippen LogP contribution >= 0.6 is 49.6 Å². The standard InChI is InChI=1S/C20H29N5.4ClH/c1-15-9-18(25-20(21)10-15)11-17-13-23-14-19(17)24-8-7-22-12-16-5-3-2-4-6-16;;;;/h2-6,9-10,17,19,22-24H,7-8,11-14H2,1H3,(H2,21,25);4*1H/t17-,19+;;;;/m0..../s1. The Kier molecular flexibility index (Phi) is 16.7. The lowest BCUT2D eigenvalue weighted by Gasteiger charge is -2.20. The van der Waals surface area contributed by atoms with Gasteiger partial charge in [-0.15, -0.1) is 49.6 Å². The largest absolute Gasteiger partial charge is 0.384 e. The van der Waals surface area contributed by atoms with Gasteiger partial charge in [-0.05, 0) is 49.1 Å². The molecule has 0 radical (unpaired) electrons. The third kappa shape index (κ3) is 10.2. The molecule has 2 aromatic rings. The summed E-state index contributed by atoms with van der Waals surface area (Å²) in [5.74, 6) is 1.18. The molecule has 1 aromatic carbocycles. The predicted octanol–water partition coefficient (Wildman–Crippen LogP) is 3.17. The summed E-state index contributed by atoms with van der Waals surface area (Å²) in [6, 6.07) is 15.1. The zero-order valence-corrected chi connectivity index (χ0v) is 19.9. The van der Waals surface area contributed by atoms with Crippen molar-refractivity contribution in [3.05, 3.63) is 59.3 Å². The summed E-state index contributed by atoms with van der Waals surface area (Å²) in [6.07, 6.45) is 0.966. The maximum absolute atomic E-state index is 5.88. The first-order valence-electron chi connectivity index (χ1n) is 9.12. The van der Waals surface area contributed by atoms with E-state index in [4.69, 9.17) is 5.73 Å². The van der Waals surface area contributed by atoms with Crippen molar-refractivity contribution in [1.82, 2.24) is 20.9 Å². The predicted molar refractivity (Wildman–Crippen MR) is 132 cm³/mol. The molecule has 5 N–H and O–H groups in total. The highest BCUT2D eigenvalue weighted by Crippen LogP contribution is 2.17. The number of rotatable bonds is 8. The minimum absolute atomic E-state index is 0. The second-order valence-corrected chi connectivity index (χ2v) is 6.91. The van der Waals surface area contributed by atoms with Crippen molar-refractivity contribution in [1.29, 1.82) is 0 Å². The number of nitrogens with two attached hydrogens (primary N) is 1. The number of nitrogens with one attached hydrogen (secondary N) is 3. The Labute approximate surface area is 199 Å². The summed E-state index contributed by atoms with van der Waals surface area (Å²) in [5.41, 5.74) is 9.49. The molecule has 0 bridgehead atoms. The summed E-state index contributed by atoms with van der Waals surface area (Å²) >= 11 is 0. The first kappa shape index (κ1) is 30.4. The van der Waals surface area contributed by atoms with Crippen molar-refractivity contribution >= 4 is 55.4 Å². The van der Waals surface area contributed by atoms with E-state index in [1.54, 1.807) is 0 Å². The lowest BCUT2D eigenvalue weighted by atomic mass is 9.97. The van der Waals surface area contributed by atoms with Crippen LogP contribution < -0.4 is 21.7 Å². The van der Waals surface area contributed by atoms with Gasteiger partial charge in [0.1, 0.15) is 5.82 Å². The van der Waals surface area contributed by atoms with Crippen LogP contribution in [0.1, 0.15) is 16.8 Å². The number of nitrogens with zero attached hydrogens (tertiary/aromatic N) is 1. The number of aryl methyl sites for hydroxylation is 1. The Morgan fingerprint density at radius 2 is 1.76 bits per heavy atom. The van der Waals surface area contributed by atoms with Gasteiger partial charge in [-0.25, -0.2) is 4.98 Å². The van der Waals surface area contributed by atoms with Crippen LogP contribution in [-0.4, -0.2) is 37.2 Å². The highest BCUT2D eigenvalue weighted by atomic mass is 35.5. The molecular weight excluding hydrogens is 452 g/mol. The number of aromatic nitrogens is 1. The van der Waals surface area contributed by atoms with E-state index in [0.717, 1.165) is 44.8 Å². The molecule has 1 aliphatic rings. The maximum atomic E-state index is 5.88.